The van der Waals surface area contributed by atoms with Gasteiger partial charge in [-0.3, -0.25) is 4.79 Å². The first-order valence-corrected chi connectivity index (χ1v) is 8.75. The first-order valence-electron chi connectivity index (χ1n) is 8.37. The van der Waals surface area contributed by atoms with E-state index in [2.05, 4.69) is 10.4 Å². The number of esters is 1. The minimum atomic E-state index is -0.618. The van der Waals surface area contributed by atoms with Crippen molar-refractivity contribution in [1.82, 2.24) is 15.1 Å². The number of aromatic nitrogens is 2. The van der Waals surface area contributed by atoms with Gasteiger partial charge in [-0.05, 0) is 38.5 Å². The number of nitrogens with zero attached hydrogens (tertiary/aromatic N) is 2. The summed E-state index contributed by atoms with van der Waals surface area (Å²) in [6.45, 7) is 5.33. The summed E-state index contributed by atoms with van der Waals surface area (Å²) in [5, 5.41) is 7.51. The molecule has 0 fully saturated rings. The van der Waals surface area contributed by atoms with Crippen LogP contribution in [0.1, 0.15) is 31.5 Å². The second kappa shape index (κ2) is 9.20. The predicted octanol–water partition coefficient (Wildman–Crippen LogP) is 3.31. The Hall–Kier alpha value is -2.60. The van der Waals surface area contributed by atoms with E-state index in [0.29, 0.717) is 16.4 Å². The molecule has 0 radical (unpaired) electrons. The Bertz CT molecular complexity index is 800. The molecule has 6 nitrogen and oxygen atoms in total. The Labute approximate surface area is 157 Å². The average molecular weight is 376 g/mol. The summed E-state index contributed by atoms with van der Waals surface area (Å²) < 4.78 is 6.53. The number of nitrogens with one attached hydrogen (secondary N) is 1. The van der Waals surface area contributed by atoms with Crippen LogP contribution in [-0.4, -0.2) is 34.3 Å². The van der Waals surface area contributed by atoms with Crippen molar-refractivity contribution in [2.24, 2.45) is 0 Å². The van der Waals surface area contributed by atoms with Crippen LogP contribution in [0.5, 0.6) is 0 Å². The fraction of sp³-hybridized carbons (Fsp3) is 0.316. The maximum absolute atomic E-state index is 11.8. The van der Waals surface area contributed by atoms with E-state index >= 15 is 0 Å². The van der Waals surface area contributed by atoms with E-state index in [1.54, 1.807) is 17.7 Å². The van der Waals surface area contributed by atoms with Crippen molar-refractivity contribution in [1.29, 1.82) is 0 Å². The monoisotopic (exact) mass is 375 g/mol. The third kappa shape index (κ3) is 5.20. The number of benzene rings is 1. The van der Waals surface area contributed by atoms with Crippen LogP contribution >= 0.6 is 11.6 Å². The zero-order valence-electron chi connectivity index (χ0n) is 15.0. The number of para-hydroxylation sites is 1. The fourth-order valence-electron chi connectivity index (χ4n) is 2.20. The number of carbonyl (C=O) groups is 2. The Morgan fingerprint density at radius 2 is 2.04 bits per heavy atom. The predicted molar refractivity (Wildman–Crippen MR) is 101 cm³/mol. The normalized spacial score (nSPS) is 12.2. The first kappa shape index (κ1) is 19.7. The smallest absolute Gasteiger partial charge is 0.331 e. The number of halogens is 1. The second-order valence-corrected chi connectivity index (χ2v) is 6.21. The molecule has 0 saturated heterocycles. The number of carbonyl (C=O) groups excluding carboxylic acids is 2. The van der Waals surface area contributed by atoms with E-state index in [1.165, 1.54) is 6.08 Å². The quantitative estimate of drug-likeness (QED) is 0.595. The Morgan fingerprint density at radius 1 is 1.35 bits per heavy atom. The van der Waals surface area contributed by atoms with E-state index in [0.717, 1.165) is 12.1 Å². The van der Waals surface area contributed by atoms with E-state index in [4.69, 9.17) is 16.3 Å². The second-order valence-electron chi connectivity index (χ2n) is 5.86. The van der Waals surface area contributed by atoms with Gasteiger partial charge in [0.05, 0.1) is 11.4 Å². The molecule has 2 aromatic rings. The molecule has 1 amide bonds. The number of hydrogen-bond donors (Lipinski definition) is 1. The van der Waals surface area contributed by atoms with Crippen molar-refractivity contribution in [3.8, 4) is 5.69 Å². The maximum Gasteiger partial charge on any atom is 0.331 e. The van der Waals surface area contributed by atoms with Crippen LogP contribution in [0.2, 0.25) is 5.15 Å². The van der Waals surface area contributed by atoms with Gasteiger partial charge in [0.2, 0.25) is 0 Å². The molecule has 1 aromatic heterocycles. The minimum absolute atomic E-state index is 0.0435. The largest absolute Gasteiger partial charge is 0.452 e. The molecular weight excluding hydrogens is 354 g/mol. The van der Waals surface area contributed by atoms with Crippen molar-refractivity contribution in [3.05, 3.63) is 52.8 Å². The summed E-state index contributed by atoms with van der Waals surface area (Å²) in [5.74, 6) is -0.945. The first-order chi connectivity index (χ1) is 12.4. The third-order valence-corrected chi connectivity index (χ3v) is 4.16. The van der Waals surface area contributed by atoms with Gasteiger partial charge in [0, 0.05) is 17.7 Å². The lowest BCUT2D eigenvalue weighted by atomic mass is 10.2. The van der Waals surface area contributed by atoms with Crippen molar-refractivity contribution < 1.29 is 14.3 Å². The Kier molecular flexibility index (Phi) is 6.97. The van der Waals surface area contributed by atoms with Crippen LogP contribution < -0.4 is 5.32 Å². The maximum atomic E-state index is 11.8. The van der Waals surface area contributed by atoms with Crippen LogP contribution in [0.25, 0.3) is 11.8 Å². The van der Waals surface area contributed by atoms with Gasteiger partial charge >= 0.3 is 5.97 Å². The van der Waals surface area contributed by atoms with Crippen LogP contribution in [0, 0.1) is 6.92 Å². The van der Waals surface area contributed by atoms with Gasteiger partial charge in [-0.2, -0.15) is 5.10 Å². The van der Waals surface area contributed by atoms with Crippen molar-refractivity contribution >= 4 is 29.6 Å². The molecule has 2 rings (SSSR count). The van der Waals surface area contributed by atoms with Gasteiger partial charge in [0.25, 0.3) is 5.91 Å². The lowest BCUT2D eigenvalue weighted by Crippen LogP contribution is -2.35. The molecule has 1 heterocycles. The highest BCUT2D eigenvalue weighted by molar-refractivity contribution is 6.31. The molecule has 0 aliphatic carbocycles. The Balaban J connectivity index is 2.01. The van der Waals surface area contributed by atoms with E-state index in [-0.39, 0.29) is 18.6 Å². The number of rotatable bonds is 7. The van der Waals surface area contributed by atoms with E-state index < -0.39 is 5.97 Å². The highest BCUT2D eigenvalue weighted by Gasteiger charge is 2.13. The van der Waals surface area contributed by atoms with Crippen molar-refractivity contribution in [2.75, 3.05) is 6.61 Å². The summed E-state index contributed by atoms with van der Waals surface area (Å²) in [7, 11) is 0. The SMILES string of the molecule is CC[C@@H](C)NC(=O)COC(=O)/C=C/c1c(C)nn(-c2ccccc2)c1Cl. The molecule has 0 bridgehead atoms. The van der Waals surface area contributed by atoms with E-state index in [9.17, 15) is 9.59 Å². The van der Waals surface area contributed by atoms with Gasteiger partial charge < -0.3 is 10.1 Å². The third-order valence-electron chi connectivity index (χ3n) is 3.80. The van der Waals surface area contributed by atoms with Crippen molar-refractivity contribution in [2.45, 2.75) is 33.2 Å². The highest BCUT2D eigenvalue weighted by Crippen LogP contribution is 2.24. The van der Waals surface area contributed by atoms with Crippen LogP contribution in [-0.2, 0) is 14.3 Å². The minimum Gasteiger partial charge on any atom is -0.452 e. The topological polar surface area (TPSA) is 73.2 Å². The van der Waals surface area contributed by atoms with Gasteiger partial charge in [0.15, 0.2) is 6.61 Å². The lowest BCUT2D eigenvalue weighted by molar-refractivity contribution is -0.144. The molecule has 26 heavy (non-hydrogen) atoms. The highest BCUT2D eigenvalue weighted by atomic mass is 35.5. The van der Waals surface area contributed by atoms with Gasteiger partial charge in [-0.25, -0.2) is 9.48 Å². The van der Waals surface area contributed by atoms with E-state index in [1.807, 2.05) is 44.2 Å². The summed E-state index contributed by atoms with van der Waals surface area (Å²) >= 11 is 6.38. The lowest BCUT2D eigenvalue weighted by Gasteiger charge is -2.10. The molecule has 0 aliphatic rings. The van der Waals surface area contributed by atoms with Gasteiger partial charge in [-0.1, -0.05) is 36.7 Å². The summed E-state index contributed by atoms with van der Waals surface area (Å²) in [6, 6.07) is 9.50. The molecule has 1 aromatic carbocycles. The number of aryl methyl sites for hydroxylation is 1. The molecule has 1 N–H and O–H groups in total. The standard InChI is InChI=1S/C19H22ClN3O3/c1-4-13(2)21-17(24)12-26-18(25)11-10-16-14(3)22-23(19(16)20)15-8-6-5-7-9-15/h5-11,13H,4,12H2,1-3H3,(H,21,24)/b11-10+/t13-/m1/s1. The average Bonchev–Trinajstić information content (AvgIpc) is 2.92. The molecule has 0 aliphatic heterocycles. The molecule has 0 saturated carbocycles. The molecule has 0 spiro atoms. The fourth-order valence-corrected chi connectivity index (χ4v) is 2.53. The van der Waals surface area contributed by atoms with Crippen LogP contribution in [0.3, 0.4) is 0 Å². The molecular formula is C19H22ClN3O3. The van der Waals surface area contributed by atoms with Gasteiger partial charge in [0.1, 0.15) is 5.15 Å². The summed E-state index contributed by atoms with van der Waals surface area (Å²) in [5.41, 5.74) is 2.12. The summed E-state index contributed by atoms with van der Waals surface area (Å²) in [6.07, 6.45) is 3.59. The zero-order valence-corrected chi connectivity index (χ0v) is 15.8. The van der Waals surface area contributed by atoms with Crippen LogP contribution in [0.4, 0.5) is 0 Å². The van der Waals surface area contributed by atoms with Gasteiger partial charge in [-0.15, -0.1) is 0 Å². The molecule has 0 unspecified atom stereocenters. The molecule has 138 valence electrons. The molecule has 7 heteroatoms. The number of amides is 1. The summed E-state index contributed by atoms with van der Waals surface area (Å²) in [4.78, 5) is 23.4. The molecule has 1 atom stereocenters. The van der Waals surface area contributed by atoms with Crippen molar-refractivity contribution in [3.63, 3.8) is 0 Å². The number of hydrogen-bond acceptors (Lipinski definition) is 4. The van der Waals surface area contributed by atoms with Crippen LogP contribution in [0.15, 0.2) is 36.4 Å². The number of ether oxygens (including phenoxy) is 1. The Morgan fingerprint density at radius 3 is 2.69 bits per heavy atom. The zero-order chi connectivity index (χ0) is 19.1.